The molecule has 0 aromatic heterocycles. The highest BCUT2D eigenvalue weighted by molar-refractivity contribution is 5.92. The first-order valence-corrected chi connectivity index (χ1v) is 7.27. The molecule has 0 radical (unpaired) electrons. The van der Waals surface area contributed by atoms with Crippen LogP contribution in [0, 0.1) is 0 Å². The fraction of sp³-hybridized carbons (Fsp3) is 0.500. The molecule has 2 amide bonds. The Kier molecular flexibility index (Phi) is 3.24. The molecule has 1 aromatic rings. The lowest BCUT2D eigenvalue weighted by Crippen LogP contribution is -2.59. The molecule has 0 spiro atoms. The molecule has 5 nitrogen and oxygen atoms in total. The van der Waals surface area contributed by atoms with Crippen LogP contribution in [-0.4, -0.2) is 42.0 Å². The van der Waals surface area contributed by atoms with Crippen molar-refractivity contribution in [2.45, 2.75) is 30.8 Å². The standard InChI is InChI=1S/C16H20N2O3/c1-15(13(17)19)11-18(9-10-21-15)14(20)16(7-8-16)12-5-3-2-4-6-12/h2-6H,7-11H2,1H3,(H2,17,19)/t15-/m0/s1. The summed E-state index contributed by atoms with van der Waals surface area (Å²) >= 11 is 0. The zero-order valence-electron chi connectivity index (χ0n) is 12.2. The van der Waals surface area contributed by atoms with E-state index in [1.165, 1.54) is 0 Å². The molecule has 1 atom stereocenters. The van der Waals surface area contributed by atoms with Gasteiger partial charge in [-0.15, -0.1) is 0 Å². The van der Waals surface area contributed by atoms with Gasteiger partial charge in [0, 0.05) is 6.54 Å². The maximum absolute atomic E-state index is 12.9. The summed E-state index contributed by atoms with van der Waals surface area (Å²) in [6.45, 7) is 2.74. The van der Waals surface area contributed by atoms with Crippen molar-refractivity contribution < 1.29 is 14.3 Å². The number of primary amides is 1. The van der Waals surface area contributed by atoms with Crippen LogP contribution in [0.25, 0.3) is 0 Å². The lowest BCUT2D eigenvalue weighted by atomic mass is 9.93. The molecule has 1 heterocycles. The van der Waals surface area contributed by atoms with Crippen LogP contribution in [0.1, 0.15) is 25.3 Å². The van der Waals surface area contributed by atoms with E-state index in [-0.39, 0.29) is 12.5 Å². The van der Waals surface area contributed by atoms with Gasteiger partial charge in [-0.2, -0.15) is 0 Å². The maximum Gasteiger partial charge on any atom is 0.251 e. The van der Waals surface area contributed by atoms with Gasteiger partial charge in [-0.05, 0) is 25.3 Å². The van der Waals surface area contributed by atoms with E-state index in [0.717, 1.165) is 18.4 Å². The maximum atomic E-state index is 12.9. The van der Waals surface area contributed by atoms with E-state index < -0.39 is 16.9 Å². The molecule has 5 heteroatoms. The molecular weight excluding hydrogens is 268 g/mol. The number of carbonyl (C=O) groups excluding carboxylic acids is 2. The van der Waals surface area contributed by atoms with Gasteiger partial charge >= 0.3 is 0 Å². The minimum Gasteiger partial charge on any atom is -0.367 e. The lowest BCUT2D eigenvalue weighted by Gasteiger charge is -2.39. The van der Waals surface area contributed by atoms with Gasteiger partial charge in [0.05, 0.1) is 18.6 Å². The van der Waals surface area contributed by atoms with E-state index in [1.807, 2.05) is 30.3 Å². The number of hydrogen-bond acceptors (Lipinski definition) is 3. The highest BCUT2D eigenvalue weighted by Gasteiger charge is 2.54. The Morgan fingerprint density at radius 2 is 1.90 bits per heavy atom. The molecule has 3 rings (SSSR count). The number of morpholine rings is 1. The van der Waals surface area contributed by atoms with Crippen LogP contribution in [0.4, 0.5) is 0 Å². The van der Waals surface area contributed by atoms with Gasteiger partial charge in [-0.3, -0.25) is 9.59 Å². The SMILES string of the molecule is C[C@@]1(C(N)=O)CN(C(=O)C2(c3ccccc3)CC2)CCO1. The van der Waals surface area contributed by atoms with Crippen LogP contribution >= 0.6 is 0 Å². The fourth-order valence-electron chi connectivity index (χ4n) is 3.00. The third kappa shape index (κ3) is 2.31. The second-order valence-electron chi connectivity index (χ2n) is 6.12. The van der Waals surface area contributed by atoms with Crippen LogP contribution in [-0.2, 0) is 19.7 Å². The number of nitrogens with zero attached hydrogens (tertiary/aromatic N) is 1. The average Bonchev–Trinajstić information content (AvgIpc) is 3.29. The van der Waals surface area contributed by atoms with E-state index in [1.54, 1.807) is 11.8 Å². The van der Waals surface area contributed by atoms with Gasteiger partial charge in [-0.1, -0.05) is 30.3 Å². The summed E-state index contributed by atoms with van der Waals surface area (Å²) in [6, 6.07) is 9.85. The molecule has 1 saturated heterocycles. The molecule has 0 bridgehead atoms. The van der Waals surface area contributed by atoms with Crippen molar-refractivity contribution in [3.63, 3.8) is 0 Å². The van der Waals surface area contributed by atoms with Crippen LogP contribution in [0.15, 0.2) is 30.3 Å². The molecule has 2 N–H and O–H groups in total. The molecule has 112 valence electrons. The largest absolute Gasteiger partial charge is 0.367 e. The van der Waals surface area contributed by atoms with E-state index >= 15 is 0 Å². The number of nitrogens with two attached hydrogens (primary N) is 1. The summed E-state index contributed by atoms with van der Waals surface area (Å²) in [4.78, 5) is 26.2. The second-order valence-corrected chi connectivity index (χ2v) is 6.12. The Hall–Kier alpha value is -1.88. The Balaban J connectivity index is 1.81. The number of amides is 2. The third-order valence-corrected chi connectivity index (χ3v) is 4.57. The van der Waals surface area contributed by atoms with E-state index in [2.05, 4.69) is 0 Å². The van der Waals surface area contributed by atoms with Gasteiger partial charge in [-0.25, -0.2) is 0 Å². The van der Waals surface area contributed by atoms with Gasteiger partial charge < -0.3 is 15.4 Å². The number of ether oxygens (including phenoxy) is 1. The molecule has 0 unspecified atom stereocenters. The molecule has 2 aliphatic rings. The van der Waals surface area contributed by atoms with Gasteiger partial charge in [0.1, 0.15) is 0 Å². The number of hydrogen-bond donors (Lipinski definition) is 1. The number of rotatable bonds is 3. The van der Waals surface area contributed by atoms with E-state index in [4.69, 9.17) is 10.5 Å². The monoisotopic (exact) mass is 288 g/mol. The lowest BCUT2D eigenvalue weighted by molar-refractivity contribution is -0.161. The molecule has 1 aliphatic carbocycles. The highest BCUT2D eigenvalue weighted by atomic mass is 16.5. The van der Waals surface area contributed by atoms with Gasteiger partial charge in [0.15, 0.2) is 5.60 Å². The minimum atomic E-state index is -1.08. The van der Waals surface area contributed by atoms with Crippen LogP contribution in [0.3, 0.4) is 0 Å². The molecule has 21 heavy (non-hydrogen) atoms. The van der Waals surface area contributed by atoms with Crippen molar-refractivity contribution in [1.29, 1.82) is 0 Å². The topological polar surface area (TPSA) is 72.6 Å². The highest BCUT2D eigenvalue weighted by Crippen LogP contribution is 2.49. The first kappa shape index (κ1) is 14.1. The molecule has 1 aromatic carbocycles. The van der Waals surface area contributed by atoms with Crippen LogP contribution in [0.5, 0.6) is 0 Å². The van der Waals surface area contributed by atoms with Crippen molar-refractivity contribution >= 4 is 11.8 Å². The number of benzene rings is 1. The van der Waals surface area contributed by atoms with Crippen molar-refractivity contribution in [2.75, 3.05) is 19.7 Å². The normalized spacial score (nSPS) is 27.2. The fourth-order valence-corrected chi connectivity index (χ4v) is 3.00. The first-order valence-electron chi connectivity index (χ1n) is 7.27. The van der Waals surface area contributed by atoms with Gasteiger partial charge in [0.2, 0.25) is 5.91 Å². The third-order valence-electron chi connectivity index (χ3n) is 4.57. The van der Waals surface area contributed by atoms with Crippen molar-refractivity contribution in [3.8, 4) is 0 Å². The summed E-state index contributed by atoms with van der Waals surface area (Å²) in [5.74, 6) is -0.436. The van der Waals surface area contributed by atoms with Gasteiger partial charge in [0.25, 0.3) is 5.91 Å². The predicted molar refractivity (Wildman–Crippen MR) is 77.5 cm³/mol. The van der Waals surface area contributed by atoms with Crippen molar-refractivity contribution in [2.24, 2.45) is 5.73 Å². The number of carbonyl (C=O) groups is 2. The summed E-state index contributed by atoms with van der Waals surface area (Å²) in [5.41, 5.74) is 4.97. The summed E-state index contributed by atoms with van der Waals surface area (Å²) in [6.07, 6.45) is 1.72. The zero-order valence-corrected chi connectivity index (χ0v) is 12.2. The first-order chi connectivity index (χ1) is 9.98. The summed E-state index contributed by atoms with van der Waals surface area (Å²) in [5, 5.41) is 0. The molecule has 1 saturated carbocycles. The molecular formula is C16H20N2O3. The van der Waals surface area contributed by atoms with E-state index in [9.17, 15) is 9.59 Å². The Morgan fingerprint density at radius 3 is 2.48 bits per heavy atom. The Labute approximate surface area is 124 Å². The second kappa shape index (κ2) is 4.84. The molecule has 1 aliphatic heterocycles. The van der Waals surface area contributed by atoms with Crippen LogP contribution in [0.2, 0.25) is 0 Å². The average molecular weight is 288 g/mol. The minimum absolute atomic E-state index is 0.0875. The summed E-state index contributed by atoms with van der Waals surface area (Å²) in [7, 11) is 0. The quantitative estimate of drug-likeness (QED) is 0.895. The smallest absolute Gasteiger partial charge is 0.251 e. The zero-order chi connectivity index (χ0) is 15.1. The van der Waals surface area contributed by atoms with Crippen LogP contribution < -0.4 is 5.73 Å². The Bertz CT molecular complexity index is 568. The van der Waals surface area contributed by atoms with E-state index in [0.29, 0.717) is 13.2 Å². The van der Waals surface area contributed by atoms with Crippen molar-refractivity contribution in [3.05, 3.63) is 35.9 Å². The van der Waals surface area contributed by atoms with Crippen molar-refractivity contribution in [1.82, 2.24) is 4.90 Å². The Morgan fingerprint density at radius 1 is 1.24 bits per heavy atom. The summed E-state index contributed by atoms with van der Waals surface area (Å²) < 4.78 is 5.48. The molecule has 2 fully saturated rings. The predicted octanol–water partition coefficient (Wildman–Crippen LogP) is 0.821.